The Morgan fingerprint density at radius 1 is 1.14 bits per heavy atom. The van der Waals surface area contributed by atoms with Crippen molar-refractivity contribution < 1.29 is 4.79 Å². The van der Waals surface area contributed by atoms with Gasteiger partial charge in [0.2, 0.25) is 11.9 Å². The van der Waals surface area contributed by atoms with Gasteiger partial charge in [-0.2, -0.15) is 0 Å². The molecule has 0 saturated heterocycles. The van der Waals surface area contributed by atoms with Crippen LogP contribution in [0.4, 0.5) is 5.95 Å². The van der Waals surface area contributed by atoms with E-state index in [0.29, 0.717) is 12.5 Å². The van der Waals surface area contributed by atoms with Gasteiger partial charge >= 0.3 is 0 Å². The Kier molecular flexibility index (Phi) is 5.22. The van der Waals surface area contributed by atoms with Crippen LogP contribution in [-0.4, -0.2) is 27.6 Å². The largest absolute Gasteiger partial charge is 0.329 e. The summed E-state index contributed by atoms with van der Waals surface area (Å²) in [4.78, 5) is 17.0. The van der Waals surface area contributed by atoms with Crippen molar-refractivity contribution >= 4 is 11.9 Å². The molecule has 21 heavy (non-hydrogen) atoms. The van der Waals surface area contributed by atoms with Crippen LogP contribution in [0.1, 0.15) is 57.3 Å². The molecule has 0 radical (unpaired) electrons. The van der Waals surface area contributed by atoms with E-state index in [1.807, 2.05) is 13.8 Å². The van der Waals surface area contributed by atoms with Gasteiger partial charge in [0, 0.05) is 6.54 Å². The molecule has 0 spiro atoms. The number of hydrogen-bond acceptors (Lipinski definition) is 5. The molecule has 1 aliphatic carbocycles. The average molecular weight is 291 g/mol. The zero-order valence-corrected chi connectivity index (χ0v) is 13.0. The van der Waals surface area contributed by atoms with Gasteiger partial charge in [-0.05, 0) is 25.7 Å². The minimum Gasteiger partial charge on any atom is -0.329 e. The van der Waals surface area contributed by atoms with E-state index in [4.69, 9.17) is 5.73 Å². The number of nitrogens with zero attached hydrogens (tertiary/aromatic N) is 3. The molecule has 0 bridgehead atoms. The first kappa shape index (κ1) is 15.8. The maximum atomic E-state index is 12.6. The average Bonchev–Trinajstić information content (AvgIpc) is 2.55. The van der Waals surface area contributed by atoms with E-state index < -0.39 is 5.41 Å². The highest BCUT2D eigenvalue weighted by atomic mass is 16.2. The molecule has 0 unspecified atom stereocenters. The van der Waals surface area contributed by atoms with Crippen LogP contribution in [0, 0.1) is 5.41 Å². The zero-order valence-electron chi connectivity index (χ0n) is 13.0. The molecule has 0 aliphatic heterocycles. The van der Waals surface area contributed by atoms with Crippen LogP contribution in [0.5, 0.6) is 0 Å². The molecule has 1 aromatic heterocycles. The fourth-order valence-corrected chi connectivity index (χ4v) is 2.98. The fraction of sp³-hybridized carbons (Fsp3) is 0.733. The number of nitrogens with one attached hydrogen (secondary N) is 1. The van der Waals surface area contributed by atoms with Crippen molar-refractivity contribution in [1.82, 2.24) is 15.2 Å². The molecule has 6 heteroatoms. The van der Waals surface area contributed by atoms with E-state index in [9.17, 15) is 4.79 Å². The molecule has 1 saturated carbocycles. The lowest BCUT2D eigenvalue weighted by Crippen LogP contribution is -2.44. The zero-order chi connectivity index (χ0) is 15.3. The van der Waals surface area contributed by atoms with Crippen molar-refractivity contribution in [2.45, 2.75) is 58.8 Å². The predicted octanol–water partition coefficient (Wildman–Crippen LogP) is 1.84. The van der Waals surface area contributed by atoms with Crippen LogP contribution in [0.2, 0.25) is 0 Å². The van der Waals surface area contributed by atoms with E-state index in [-0.39, 0.29) is 5.91 Å². The molecule has 6 nitrogen and oxygen atoms in total. The molecule has 2 rings (SSSR count). The molecular formula is C15H25N5O. The van der Waals surface area contributed by atoms with Crippen LogP contribution >= 0.6 is 0 Å². The Morgan fingerprint density at radius 2 is 1.81 bits per heavy atom. The Hall–Kier alpha value is -1.56. The number of rotatable bonds is 5. The topological polar surface area (TPSA) is 93.8 Å². The van der Waals surface area contributed by atoms with Crippen LogP contribution in [-0.2, 0) is 17.6 Å². The third-order valence-electron chi connectivity index (χ3n) is 4.42. The summed E-state index contributed by atoms with van der Waals surface area (Å²) in [7, 11) is 0. The SMILES string of the molecule is CCc1nnc(NC(=O)C2(CN)CCCCC2)nc1CC. The molecule has 1 aliphatic rings. The number of aromatic nitrogens is 3. The number of carbonyl (C=O) groups excluding carboxylic acids is 1. The van der Waals surface area contributed by atoms with Gasteiger partial charge in [-0.3, -0.25) is 10.1 Å². The third kappa shape index (κ3) is 3.37. The van der Waals surface area contributed by atoms with Gasteiger partial charge in [0.1, 0.15) is 0 Å². The van der Waals surface area contributed by atoms with E-state index >= 15 is 0 Å². The summed E-state index contributed by atoms with van der Waals surface area (Å²) >= 11 is 0. The first-order valence-corrected chi connectivity index (χ1v) is 7.89. The first-order valence-electron chi connectivity index (χ1n) is 7.89. The smallest absolute Gasteiger partial charge is 0.249 e. The molecule has 0 aromatic carbocycles. The molecule has 1 amide bonds. The minimum atomic E-state index is -0.461. The van der Waals surface area contributed by atoms with Crippen LogP contribution < -0.4 is 11.1 Å². The fourth-order valence-electron chi connectivity index (χ4n) is 2.98. The lowest BCUT2D eigenvalue weighted by atomic mass is 9.73. The normalized spacial score (nSPS) is 17.5. The number of hydrogen-bond donors (Lipinski definition) is 2. The Morgan fingerprint density at radius 3 is 2.38 bits per heavy atom. The number of aryl methyl sites for hydroxylation is 2. The second-order valence-corrected chi connectivity index (χ2v) is 5.74. The lowest BCUT2D eigenvalue weighted by Gasteiger charge is -2.34. The van der Waals surface area contributed by atoms with Crippen molar-refractivity contribution in [2.75, 3.05) is 11.9 Å². The van der Waals surface area contributed by atoms with Crippen LogP contribution in [0.3, 0.4) is 0 Å². The Bertz CT molecular complexity index is 497. The Balaban J connectivity index is 2.15. The first-order chi connectivity index (χ1) is 10.1. The van der Waals surface area contributed by atoms with Gasteiger partial charge in [0.25, 0.3) is 0 Å². The molecule has 116 valence electrons. The number of carbonyl (C=O) groups is 1. The van der Waals surface area contributed by atoms with Crippen molar-refractivity contribution in [3.63, 3.8) is 0 Å². The highest BCUT2D eigenvalue weighted by Crippen LogP contribution is 2.36. The lowest BCUT2D eigenvalue weighted by molar-refractivity contribution is -0.126. The maximum absolute atomic E-state index is 12.6. The third-order valence-corrected chi connectivity index (χ3v) is 4.42. The molecule has 1 aromatic rings. The summed E-state index contributed by atoms with van der Waals surface area (Å²) in [5, 5.41) is 11.0. The summed E-state index contributed by atoms with van der Waals surface area (Å²) in [5.74, 6) is 0.241. The number of nitrogens with two attached hydrogens (primary N) is 1. The van der Waals surface area contributed by atoms with Crippen molar-refractivity contribution in [3.8, 4) is 0 Å². The van der Waals surface area contributed by atoms with Gasteiger partial charge in [0.15, 0.2) is 0 Å². The van der Waals surface area contributed by atoms with Gasteiger partial charge in [0.05, 0.1) is 16.8 Å². The van der Waals surface area contributed by atoms with Gasteiger partial charge in [-0.1, -0.05) is 33.1 Å². The summed E-state index contributed by atoms with van der Waals surface area (Å²) < 4.78 is 0. The second-order valence-electron chi connectivity index (χ2n) is 5.74. The number of anilines is 1. The summed E-state index contributed by atoms with van der Waals surface area (Å²) in [6, 6.07) is 0. The van der Waals surface area contributed by atoms with Crippen LogP contribution in [0.25, 0.3) is 0 Å². The van der Waals surface area contributed by atoms with Crippen molar-refractivity contribution in [2.24, 2.45) is 11.1 Å². The second kappa shape index (κ2) is 6.93. The summed E-state index contributed by atoms with van der Waals surface area (Å²) in [6.45, 7) is 4.42. The minimum absolute atomic E-state index is 0.0576. The predicted molar refractivity (Wildman–Crippen MR) is 81.8 cm³/mol. The quantitative estimate of drug-likeness (QED) is 0.863. The highest BCUT2D eigenvalue weighted by Gasteiger charge is 2.38. The monoisotopic (exact) mass is 291 g/mol. The molecule has 3 N–H and O–H groups in total. The molecule has 0 atom stereocenters. The maximum Gasteiger partial charge on any atom is 0.249 e. The highest BCUT2D eigenvalue weighted by molar-refractivity contribution is 5.94. The van der Waals surface area contributed by atoms with Gasteiger partial charge < -0.3 is 5.73 Å². The number of amides is 1. The van der Waals surface area contributed by atoms with E-state index in [1.165, 1.54) is 6.42 Å². The van der Waals surface area contributed by atoms with E-state index in [1.54, 1.807) is 0 Å². The van der Waals surface area contributed by atoms with Crippen LogP contribution in [0.15, 0.2) is 0 Å². The summed E-state index contributed by atoms with van der Waals surface area (Å²) in [5.41, 5.74) is 7.20. The van der Waals surface area contributed by atoms with E-state index in [2.05, 4.69) is 20.5 Å². The van der Waals surface area contributed by atoms with Gasteiger partial charge in [-0.25, -0.2) is 4.98 Å². The molecule has 1 fully saturated rings. The Labute approximate surface area is 125 Å². The summed E-state index contributed by atoms with van der Waals surface area (Å²) in [6.07, 6.45) is 6.55. The van der Waals surface area contributed by atoms with Crippen molar-refractivity contribution in [1.29, 1.82) is 0 Å². The van der Waals surface area contributed by atoms with Gasteiger partial charge in [-0.15, -0.1) is 10.2 Å². The standard InChI is InChI=1S/C15H25N5O/c1-3-11-12(4-2)19-20-14(17-11)18-13(21)15(10-16)8-6-5-7-9-15/h3-10,16H2,1-2H3,(H,17,18,20,21). The van der Waals surface area contributed by atoms with Crippen molar-refractivity contribution in [3.05, 3.63) is 11.4 Å². The molecular weight excluding hydrogens is 266 g/mol. The van der Waals surface area contributed by atoms with E-state index in [0.717, 1.165) is 49.9 Å². The molecule has 1 heterocycles.